The average Bonchev–Trinajstić information content (AvgIpc) is 2.85. The SMILES string of the molecule is Cc1ncc(CN=C(N)NC2CC2)s1.I. The largest absolute Gasteiger partial charge is 0.370 e. The molecular formula is C9H15IN4S. The van der Waals surface area contributed by atoms with Gasteiger partial charge in [-0.1, -0.05) is 0 Å². The molecule has 0 radical (unpaired) electrons. The Morgan fingerprint density at radius 2 is 2.47 bits per heavy atom. The lowest BCUT2D eigenvalue weighted by atomic mass is 10.5. The van der Waals surface area contributed by atoms with E-state index in [2.05, 4.69) is 15.3 Å². The lowest BCUT2D eigenvalue weighted by molar-refractivity contribution is 0.881. The Balaban J connectivity index is 0.00000112. The van der Waals surface area contributed by atoms with Crippen molar-refractivity contribution in [3.63, 3.8) is 0 Å². The van der Waals surface area contributed by atoms with Gasteiger partial charge in [-0.15, -0.1) is 35.3 Å². The van der Waals surface area contributed by atoms with Crippen molar-refractivity contribution in [3.8, 4) is 0 Å². The van der Waals surface area contributed by atoms with Crippen LogP contribution < -0.4 is 11.1 Å². The van der Waals surface area contributed by atoms with Crippen LogP contribution in [0.4, 0.5) is 0 Å². The number of guanidine groups is 1. The number of halogens is 1. The number of aliphatic imine (C=N–C) groups is 1. The molecule has 0 bridgehead atoms. The van der Waals surface area contributed by atoms with Gasteiger partial charge in [0.25, 0.3) is 0 Å². The van der Waals surface area contributed by atoms with Crippen LogP contribution in [0.2, 0.25) is 0 Å². The summed E-state index contributed by atoms with van der Waals surface area (Å²) in [5, 5.41) is 4.22. The minimum Gasteiger partial charge on any atom is -0.370 e. The third-order valence-corrected chi connectivity index (χ3v) is 2.90. The van der Waals surface area contributed by atoms with Crippen molar-refractivity contribution < 1.29 is 0 Å². The number of nitrogens with zero attached hydrogens (tertiary/aromatic N) is 2. The van der Waals surface area contributed by atoms with E-state index in [1.807, 2.05) is 13.1 Å². The second-order valence-electron chi connectivity index (χ2n) is 3.47. The summed E-state index contributed by atoms with van der Waals surface area (Å²) in [5.41, 5.74) is 5.69. The summed E-state index contributed by atoms with van der Waals surface area (Å²) in [7, 11) is 0. The van der Waals surface area contributed by atoms with Crippen molar-refractivity contribution in [2.45, 2.75) is 32.4 Å². The molecule has 2 rings (SSSR count). The molecule has 4 nitrogen and oxygen atoms in total. The van der Waals surface area contributed by atoms with Gasteiger partial charge in [0.15, 0.2) is 5.96 Å². The van der Waals surface area contributed by atoms with E-state index in [4.69, 9.17) is 5.73 Å². The highest BCUT2D eigenvalue weighted by molar-refractivity contribution is 14.0. The minimum atomic E-state index is 0. The summed E-state index contributed by atoms with van der Waals surface area (Å²) in [6.07, 6.45) is 4.29. The lowest BCUT2D eigenvalue weighted by Gasteiger charge is -2.01. The normalized spacial score (nSPS) is 15.9. The van der Waals surface area contributed by atoms with Crippen molar-refractivity contribution in [1.29, 1.82) is 0 Å². The van der Waals surface area contributed by atoms with Crippen molar-refractivity contribution in [2.75, 3.05) is 0 Å². The van der Waals surface area contributed by atoms with Crippen molar-refractivity contribution >= 4 is 41.3 Å². The molecule has 0 spiro atoms. The zero-order chi connectivity index (χ0) is 9.97. The van der Waals surface area contributed by atoms with Crippen LogP contribution in [0.1, 0.15) is 22.7 Å². The third kappa shape index (κ3) is 4.33. The lowest BCUT2D eigenvalue weighted by Crippen LogP contribution is -2.33. The van der Waals surface area contributed by atoms with Gasteiger partial charge in [0.2, 0.25) is 0 Å². The summed E-state index contributed by atoms with van der Waals surface area (Å²) in [5.74, 6) is 0.554. The van der Waals surface area contributed by atoms with E-state index in [0.717, 1.165) is 9.88 Å². The quantitative estimate of drug-likeness (QED) is 0.500. The number of hydrogen-bond donors (Lipinski definition) is 2. The molecule has 0 atom stereocenters. The number of rotatable bonds is 3. The molecule has 84 valence electrons. The van der Waals surface area contributed by atoms with Gasteiger partial charge >= 0.3 is 0 Å². The number of aryl methyl sites for hydroxylation is 1. The van der Waals surface area contributed by atoms with Gasteiger partial charge in [-0.05, 0) is 19.8 Å². The molecule has 1 aromatic rings. The van der Waals surface area contributed by atoms with Crippen LogP contribution in [0, 0.1) is 6.92 Å². The fraction of sp³-hybridized carbons (Fsp3) is 0.556. The fourth-order valence-electron chi connectivity index (χ4n) is 1.12. The van der Waals surface area contributed by atoms with Crippen LogP contribution in [0.5, 0.6) is 0 Å². The van der Waals surface area contributed by atoms with Crippen LogP contribution in [-0.4, -0.2) is 17.0 Å². The Morgan fingerprint density at radius 1 is 1.73 bits per heavy atom. The van der Waals surface area contributed by atoms with Crippen LogP contribution in [-0.2, 0) is 6.54 Å². The van der Waals surface area contributed by atoms with Gasteiger partial charge in [-0.25, -0.2) is 9.98 Å². The van der Waals surface area contributed by atoms with E-state index in [9.17, 15) is 0 Å². The van der Waals surface area contributed by atoms with Gasteiger partial charge in [0.05, 0.1) is 11.6 Å². The molecule has 1 aromatic heterocycles. The Bertz CT molecular complexity index is 346. The van der Waals surface area contributed by atoms with E-state index in [1.165, 1.54) is 12.8 Å². The average molecular weight is 338 g/mol. The van der Waals surface area contributed by atoms with Crippen LogP contribution >= 0.6 is 35.3 Å². The maximum atomic E-state index is 5.69. The molecule has 0 aliphatic heterocycles. The molecule has 0 saturated heterocycles. The molecule has 1 fully saturated rings. The van der Waals surface area contributed by atoms with E-state index in [-0.39, 0.29) is 24.0 Å². The molecule has 1 heterocycles. The predicted molar refractivity (Wildman–Crippen MR) is 73.8 cm³/mol. The van der Waals surface area contributed by atoms with Crippen molar-refractivity contribution in [3.05, 3.63) is 16.1 Å². The molecule has 1 aliphatic rings. The Kier molecular flexibility index (Phi) is 4.78. The number of nitrogens with one attached hydrogen (secondary N) is 1. The van der Waals surface area contributed by atoms with Gasteiger partial charge < -0.3 is 11.1 Å². The number of hydrogen-bond acceptors (Lipinski definition) is 3. The predicted octanol–water partition coefficient (Wildman–Crippen LogP) is 1.64. The molecule has 6 heteroatoms. The number of thiazole rings is 1. The van der Waals surface area contributed by atoms with E-state index >= 15 is 0 Å². The standard InChI is InChI=1S/C9H14N4S.HI/c1-6-11-4-8(14-6)5-12-9(10)13-7-2-3-7;/h4,7H,2-3,5H2,1H3,(H3,10,12,13);1H. The first-order valence-electron chi connectivity index (χ1n) is 4.72. The van der Waals surface area contributed by atoms with Gasteiger partial charge in [0, 0.05) is 17.1 Å². The van der Waals surface area contributed by atoms with Gasteiger partial charge in [-0.2, -0.15) is 0 Å². The van der Waals surface area contributed by atoms with Gasteiger partial charge in [-0.3, -0.25) is 0 Å². The van der Waals surface area contributed by atoms with Crippen LogP contribution in [0.15, 0.2) is 11.2 Å². The zero-order valence-electron chi connectivity index (χ0n) is 8.56. The number of aromatic nitrogens is 1. The maximum Gasteiger partial charge on any atom is 0.189 e. The van der Waals surface area contributed by atoms with Crippen molar-refractivity contribution in [2.24, 2.45) is 10.7 Å². The summed E-state index contributed by atoms with van der Waals surface area (Å²) < 4.78 is 0. The topological polar surface area (TPSA) is 63.3 Å². The van der Waals surface area contributed by atoms with Crippen LogP contribution in [0.25, 0.3) is 0 Å². The highest BCUT2D eigenvalue weighted by Gasteiger charge is 2.21. The summed E-state index contributed by atoms with van der Waals surface area (Å²) >= 11 is 1.66. The molecule has 0 aromatic carbocycles. The smallest absolute Gasteiger partial charge is 0.189 e. The molecule has 0 amide bonds. The third-order valence-electron chi connectivity index (χ3n) is 2.00. The zero-order valence-corrected chi connectivity index (χ0v) is 11.7. The molecule has 0 unspecified atom stereocenters. The summed E-state index contributed by atoms with van der Waals surface area (Å²) in [4.78, 5) is 9.55. The second kappa shape index (κ2) is 5.64. The first-order chi connectivity index (χ1) is 6.74. The highest BCUT2D eigenvalue weighted by Crippen LogP contribution is 2.18. The molecule has 1 saturated carbocycles. The van der Waals surface area contributed by atoms with Crippen molar-refractivity contribution in [1.82, 2.24) is 10.3 Å². The summed E-state index contributed by atoms with van der Waals surface area (Å²) in [6, 6.07) is 0.571. The van der Waals surface area contributed by atoms with E-state index in [1.54, 1.807) is 11.3 Å². The van der Waals surface area contributed by atoms with Crippen LogP contribution in [0.3, 0.4) is 0 Å². The highest BCUT2D eigenvalue weighted by atomic mass is 127. The Morgan fingerprint density at radius 3 is 3.00 bits per heavy atom. The van der Waals surface area contributed by atoms with Gasteiger partial charge in [0.1, 0.15) is 0 Å². The number of nitrogens with two attached hydrogens (primary N) is 1. The Hall–Kier alpha value is -0.370. The first-order valence-corrected chi connectivity index (χ1v) is 5.53. The second-order valence-corrected chi connectivity index (χ2v) is 4.78. The molecular weight excluding hydrogens is 323 g/mol. The minimum absolute atomic E-state index is 0. The molecule has 3 N–H and O–H groups in total. The maximum absolute atomic E-state index is 5.69. The van der Waals surface area contributed by atoms with E-state index < -0.39 is 0 Å². The molecule has 15 heavy (non-hydrogen) atoms. The monoisotopic (exact) mass is 338 g/mol. The Labute approximate surface area is 110 Å². The van der Waals surface area contributed by atoms with E-state index in [0.29, 0.717) is 18.5 Å². The first kappa shape index (κ1) is 12.7. The fourth-order valence-corrected chi connectivity index (χ4v) is 1.84. The molecule has 1 aliphatic carbocycles. The summed E-state index contributed by atoms with van der Waals surface area (Å²) in [6.45, 7) is 2.63.